The van der Waals surface area contributed by atoms with E-state index in [0.29, 0.717) is 0 Å². The summed E-state index contributed by atoms with van der Waals surface area (Å²) in [4.78, 5) is 1.10. The number of halogens is 3. The van der Waals surface area contributed by atoms with Gasteiger partial charge in [-0.1, -0.05) is 39.7 Å². The Bertz CT molecular complexity index is 507. The summed E-state index contributed by atoms with van der Waals surface area (Å²) in [5.74, 6) is 0. The van der Waals surface area contributed by atoms with Crippen LogP contribution in [0.25, 0.3) is 0 Å². The Labute approximate surface area is 126 Å². The molecule has 1 unspecified atom stereocenters. The molecule has 1 aromatic heterocycles. The lowest BCUT2D eigenvalue weighted by Gasteiger charge is -2.09. The highest BCUT2D eigenvalue weighted by Crippen LogP contribution is 2.35. The summed E-state index contributed by atoms with van der Waals surface area (Å²) in [5.41, 5.74) is 7.39. The Morgan fingerprint density at radius 2 is 2.06 bits per heavy atom. The summed E-state index contributed by atoms with van der Waals surface area (Å²) >= 11 is 14.5. The van der Waals surface area contributed by atoms with Crippen LogP contribution in [0.3, 0.4) is 0 Å². The van der Waals surface area contributed by atoms with Crippen LogP contribution in [0, 0.1) is 0 Å². The van der Waals surface area contributed by atoms with Gasteiger partial charge in [0.2, 0.25) is 0 Å². The maximum atomic E-state index is 6.17. The summed E-state index contributed by atoms with van der Waals surface area (Å²) in [5, 5.41) is 0.731. The number of thiophene rings is 1. The highest BCUT2D eigenvalue weighted by Gasteiger charge is 2.12. The van der Waals surface area contributed by atoms with Crippen LogP contribution in [-0.4, -0.2) is 0 Å². The second kappa shape index (κ2) is 5.85. The van der Waals surface area contributed by atoms with Gasteiger partial charge in [0.05, 0.1) is 8.81 Å². The lowest BCUT2D eigenvalue weighted by atomic mass is 10.1. The Morgan fingerprint density at radius 3 is 2.65 bits per heavy atom. The maximum absolute atomic E-state index is 6.17. The van der Waals surface area contributed by atoms with Crippen LogP contribution in [0.1, 0.15) is 16.5 Å². The van der Waals surface area contributed by atoms with Gasteiger partial charge in [0, 0.05) is 15.4 Å². The topological polar surface area (TPSA) is 26.0 Å². The van der Waals surface area contributed by atoms with E-state index in [1.807, 2.05) is 18.2 Å². The van der Waals surface area contributed by atoms with E-state index < -0.39 is 0 Å². The molecule has 0 fully saturated rings. The summed E-state index contributed by atoms with van der Waals surface area (Å²) in [6, 6.07) is 10.1. The average Bonchev–Trinajstić information content (AvgIpc) is 2.59. The molecule has 1 heterocycles. The zero-order valence-electron chi connectivity index (χ0n) is 8.79. The van der Waals surface area contributed by atoms with Crippen molar-refractivity contribution in [1.82, 2.24) is 0 Å². The molecule has 0 aliphatic heterocycles. The van der Waals surface area contributed by atoms with Gasteiger partial charge in [-0.25, -0.2) is 0 Å². The SMILES string of the molecule is NC(Cc1cccc(Br)c1)c1cc(Cl)c(Br)s1. The number of benzene rings is 1. The average molecular weight is 396 g/mol. The first-order valence-electron chi connectivity index (χ1n) is 5.01. The molecule has 17 heavy (non-hydrogen) atoms. The van der Waals surface area contributed by atoms with E-state index in [1.54, 1.807) is 11.3 Å². The molecular weight excluding hydrogens is 385 g/mol. The predicted octanol–water partition coefficient (Wildman–Crippen LogP) is 5.17. The molecule has 0 saturated heterocycles. The number of rotatable bonds is 3. The largest absolute Gasteiger partial charge is 0.323 e. The molecule has 0 saturated carbocycles. The minimum atomic E-state index is -0.0156. The first-order chi connectivity index (χ1) is 8.06. The van der Waals surface area contributed by atoms with Crippen molar-refractivity contribution in [2.75, 3.05) is 0 Å². The summed E-state index contributed by atoms with van der Waals surface area (Å²) in [7, 11) is 0. The standard InChI is InChI=1S/C12H10Br2ClNS/c13-8-3-1-2-7(4-8)5-10(16)11-6-9(15)12(14)17-11/h1-4,6,10H,5,16H2. The molecule has 0 aliphatic rings. The Kier molecular flexibility index (Phi) is 4.66. The number of hydrogen-bond donors (Lipinski definition) is 1. The second-order valence-electron chi connectivity index (χ2n) is 3.71. The third-order valence-corrected chi connectivity index (χ3v) is 5.47. The molecule has 2 aromatic rings. The Balaban J connectivity index is 2.14. The molecule has 5 heteroatoms. The molecule has 0 radical (unpaired) electrons. The fraction of sp³-hybridized carbons (Fsp3) is 0.167. The van der Waals surface area contributed by atoms with E-state index in [0.717, 1.165) is 24.6 Å². The van der Waals surface area contributed by atoms with Crippen molar-refractivity contribution in [3.63, 3.8) is 0 Å². The zero-order valence-corrected chi connectivity index (χ0v) is 13.5. The van der Waals surface area contributed by atoms with Crippen LogP contribution in [0.4, 0.5) is 0 Å². The van der Waals surface area contributed by atoms with Crippen molar-refractivity contribution in [1.29, 1.82) is 0 Å². The third kappa shape index (κ3) is 3.55. The van der Waals surface area contributed by atoms with Gasteiger partial charge < -0.3 is 5.73 Å². The van der Waals surface area contributed by atoms with E-state index in [9.17, 15) is 0 Å². The van der Waals surface area contributed by atoms with E-state index in [4.69, 9.17) is 17.3 Å². The molecule has 0 aliphatic carbocycles. The molecule has 1 aromatic carbocycles. The lowest BCUT2D eigenvalue weighted by Crippen LogP contribution is -2.11. The minimum absolute atomic E-state index is 0.0156. The zero-order chi connectivity index (χ0) is 12.4. The van der Waals surface area contributed by atoms with Gasteiger partial charge in [-0.3, -0.25) is 0 Å². The van der Waals surface area contributed by atoms with Crippen molar-refractivity contribution in [3.8, 4) is 0 Å². The fourth-order valence-corrected chi connectivity index (χ4v) is 3.76. The molecule has 90 valence electrons. The van der Waals surface area contributed by atoms with Crippen LogP contribution < -0.4 is 5.73 Å². The van der Waals surface area contributed by atoms with Gasteiger partial charge in [-0.05, 0) is 46.1 Å². The van der Waals surface area contributed by atoms with E-state index >= 15 is 0 Å². The smallest absolute Gasteiger partial charge is 0.0887 e. The highest BCUT2D eigenvalue weighted by atomic mass is 79.9. The predicted molar refractivity (Wildman–Crippen MR) is 81.8 cm³/mol. The van der Waals surface area contributed by atoms with Crippen LogP contribution in [0.5, 0.6) is 0 Å². The van der Waals surface area contributed by atoms with Gasteiger partial charge in [0.15, 0.2) is 0 Å². The quantitative estimate of drug-likeness (QED) is 0.762. The maximum Gasteiger partial charge on any atom is 0.0887 e. The van der Waals surface area contributed by atoms with Crippen molar-refractivity contribution in [2.24, 2.45) is 5.73 Å². The van der Waals surface area contributed by atoms with Crippen LogP contribution in [-0.2, 0) is 6.42 Å². The first kappa shape index (κ1) is 13.6. The highest BCUT2D eigenvalue weighted by molar-refractivity contribution is 9.11. The third-order valence-electron chi connectivity index (χ3n) is 2.37. The van der Waals surface area contributed by atoms with Gasteiger partial charge in [-0.15, -0.1) is 11.3 Å². The van der Waals surface area contributed by atoms with Gasteiger partial charge >= 0.3 is 0 Å². The fourth-order valence-electron chi connectivity index (χ4n) is 1.56. The van der Waals surface area contributed by atoms with Crippen LogP contribution in [0.15, 0.2) is 38.6 Å². The molecule has 0 bridgehead atoms. The molecular formula is C12H10Br2ClNS. The van der Waals surface area contributed by atoms with Crippen molar-refractivity contribution in [2.45, 2.75) is 12.5 Å². The monoisotopic (exact) mass is 393 g/mol. The van der Waals surface area contributed by atoms with E-state index in [-0.39, 0.29) is 6.04 Å². The Morgan fingerprint density at radius 1 is 1.29 bits per heavy atom. The van der Waals surface area contributed by atoms with Crippen molar-refractivity contribution >= 4 is 54.8 Å². The molecule has 0 spiro atoms. The van der Waals surface area contributed by atoms with Gasteiger partial charge in [0.25, 0.3) is 0 Å². The van der Waals surface area contributed by atoms with E-state index in [2.05, 4.69) is 44.0 Å². The molecule has 2 N–H and O–H groups in total. The van der Waals surface area contributed by atoms with Crippen LogP contribution >= 0.6 is 54.8 Å². The van der Waals surface area contributed by atoms with E-state index in [1.165, 1.54) is 5.56 Å². The van der Waals surface area contributed by atoms with Crippen LogP contribution in [0.2, 0.25) is 5.02 Å². The Hall–Kier alpha value is 0.130. The minimum Gasteiger partial charge on any atom is -0.323 e. The first-order valence-corrected chi connectivity index (χ1v) is 7.79. The summed E-state index contributed by atoms with van der Waals surface area (Å²) in [6.45, 7) is 0. The van der Waals surface area contributed by atoms with Gasteiger partial charge in [-0.2, -0.15) is 0 Å². The molecule has 2 rings (SSSR count). The summed E-state index contributed by atoms with van der Waals surface area (Å²) in [6.07, 6.45) is 0.808. The van der Waals surface area contributed by atoms with Crippen molar-refractivity contribution in [3.05, 3.63) is 54.1 Å². The van der Waals surface area contributed by atoms with Crippen molar-refractivity contribution < 1.29 is 0 Å². The summed E-state index contributed by atoms with van der Waals surface area (Å²) < 4.78 is 2.02. The second-order valence-corrected chi connectivity index (χ2v) is 7.44. The number of hydrogen-bond acceptors (Lipinski definition) is 2. The number of nitrogens with two attached hydrogens (primary N) is 1. The normalized spacial score (nSPS) is 12.7. The molecule has 1 atom stereocenters. The van der Waals surface area contributed by atoms with Gasteiger partial charge in [0.1, 0.15) is 0 Å². The lowest BCUT2D eigenvalue weighted by molar-refractivity contribution is 0.736. The molecule has 0 amide bonds. The molecule has 1 nitrogen and oxygen atoms in total.